The summed E-state index contributed by atoms with van der Waals surface area (Å²) < 4.78 is 0. The molecule has 0 spiro atoms. The number of benzene rings is 4. The molecule has 0 amide bonds. The molecule has 1 heterocycles. The van der Waals surface area contributed by atoms with Gasteiger partial charge < -0.3 is 0 Å². The third-order valence-corrected chi connectivity index (χ3v) is 18.5. The van der Waals surface area contributed by atoms with Crippen molar-refractivity contribution in [2.45, 2.75) is 51.9 Å². The predicted molar refractivity (Wildman–Crippen MR) is 197 cm³/mol. The molecule has 1 atom stereocenters. The van der Waals surface area contributed by atoms with E-state index in [9.17, 15) is 0 Å². The summed E-state index contributed by atoms with van der Waals surface area (Å²) in [6.07, 6.45) is 11.5. The molecular weight excluding hydrogens is 558 g/mol. The van der Waals surface area contributed by atoms with E-state index in [1.165, 1.54) is 60.9 Å². The second-order valence-corrected chi connectivity index (χ2v) is 20.6. The van der Waals surface area contributed by atoms with Crippen molar-refractivity contribution in [3.8, 4) is 0 Å². The molecule has 0 radical (unpaired) electrons. The SMILES string of the molecule is CC(C)P1c2ccccc2N(C)c2ccccc2[PH](C)(C(C)C)c2ccc3c(c2N(C)c2c1ccc1c2C=CC1)CC=C3. The third-order valence-electron chi connectivity index (χ3n) is 10.3. The zero-order valence-corrected chi connectivity index (χ0v) is 28.5. The van der Waals surface area contributed by atoms with Crippen LogP contribution >= 0.6 is 15.2 Å². The molecule has 3 aliphatic rings. The van der Waals surface area contributed by atoms with E-state index in [0.717, 1.165) is 12.8 Å². The predicted octanol–water partition coefficient (Wildman–Crippen LogP) is 8.25. The average Bonchev–Trinajstić information content (AvgIpc) is 3.69. The van der Waals surface area contributed by atoms with Crippen molar-refractivity contribution in [2.24, 2.45) is 0 Å². The molecule has 0 bridgehead atoms. The Bertz CT molecular complexity index is 1800. The number of rotatable bonds is 2. The van der Waals surface area contributed by atoms with Crippen LogP contribution in [0.5, 0.6) is 0 Å². The number of hydrogen-bond donors (Lipinski definition) is 0. The molecule has 4 heteroatoms. The molecule has 0 N–H and O–H groups in total. The van der Waals surface area contributed by atoms with Crippen LogP contribution in [0.25, 0.3) is 12.2 Å². The Balaban J connectivity index is 1.67. The number of hydrogen-bond acceptors (Lipinski definition) is 2. The maximum atomic E-state index is 2.65. The summed E-state index contributed by atoms with van der Waals surface area (Å²) in [6, 6.07) is 28.4. The fourth-order valence-corrected chi connectivity index (χ4v) is 14.7. The quantitative estimate of drug-likeness (QED) is 0.213. The van der Waals surface area contributed by atoms with Crippen molar-refractivity contribution in [1.29, 1.82) is 0 Å². The van der Waals surface area contributed by atoms with Gasteiger partial charge in [-0.15, -0.1) is 0 Å². The second-order valence-electron chi connectivity index (χ2n) is 13.2. The average molecular weight is 603 g/mol. The van der Waals surface area contributed by atoms with Crippen molar-refractivity contribution in [2.75, 3.05) is 30.6 Å². The summed E-state index contributed by atoms with van der Waals surface area (Å²) in [6.45, 7) is 12.4. The van der Waals surface area contributed by atoms with Gasteiger partial charge in [0.1, 0.15) is 0 Å². The zero-order chi connectivity index (χ0) is 30.0. The van der Waals surface area contributed by atoms with Gasteiger partial charge in [-0.1, -0.05) is 0 Å². The van der Waals surface area contributed by atoms with Gasteiger partial charge in [0, 0.05) is 0 Å². The van der Waals surface area contributed by atoms with Crippen LogP contribution < -0.4 is 31.0 Å². The summed E-state index contributed by atoms with van der Waals surface area (Å²) in [7, 11) is 1.73. The van der Waals surface area contributed by atoms with E-state index in [1.54, 1.807) is 5.30 Å². The Labute approximate surface area is 260 Å². The Kier molecular flexibility index (Phi) is 7.16. The first kappa shape index (κ1) is 28.6. The van der Waals surface area contributed by atoms with Crippen molar-refractivity contribution >= 4 is 71.3 Å². The third kappa shape index (κ3) is 4.29. The number of allylic oxidation sites excluding steroid dienone is 2. The molecule has 4 aromatic rings. The fourth-order valence-electron chi connectivity index (χ4n) is 7.83. The van der Waals surface area contributed by atoms with Crippen LogP contribution in [0.2, 0.25) is 0 Å². The van der Waals surface area contributed by atoms with Gasteiger partial charge in [0.2, 0.25) is 0 Å². The van der Waals surface area contributed by atoms with Gasteiger partial charge in [-0.25, -0.2) is 0 Å². The Hall–Kier alpha value is -3.18. The molecule has 220 valence electrons. The van der Waals surface area contributed by atoms with E-state index in [4.69, 9.17) is 0 Å². The number of para-hydroxylation sites is 2. The summed E-state index contributed by atoms with van der Waals surface area (Å²) in [5, 5.41) is 6.04. The minimum atomic E-state index is -2.29. The molecule has 43 heavy (non-hydrogen) atoms. The van der Waals surface area contributed by atoms with Gasteiger partial charge in [0.25, 0.3) is 0 Å². The maximum absolute atomic E-state index is 2.65. The van der Waals surface area contributed by atoms with Crippen LogP contribution in [0.3, 0.4) is 0 Å². The molecule has 1 aliphatic heterocycles. The summed E-state index contributed by atoms with van der Waals surface area (Å²) in [5.41, 5.74) is 12.3. The normalized spacial score (nSPS) is 18.8. The Morgan fingerprint density at radius 1 is 0.674 bits per heavy atom. The molecule has 0 fully saturated rings. The molecule has 2 aliphatic carbocycles. The molecule has 4 aromatic carbocycles. The summed E-state index contributed by atoms with van der Waals surface area (Å²) in [4.78, 5) is 5.16. The molecule has 0 aromatic heterocycles. The van der Waals surface area contributed by atoms with Crippen LogP contribution in [-0.4, -0.2) is 32.1 Å². The van der Waals surface area contributed by atoms with Crippen molar-refractivity contribution in [3.05, 3.63) is 107 Å². The van der Waals surface area contributed by atoms with Crippen molar-refractivity contribution in [1.82, 2.24) is 0 Å². The molecule has 0 saturated heterocycles. The number of anilines is 4. The van der Waals surface area contributed by atoms with E-state index >= 15 is 0 Å². The van der Waals surface area contributed by atoms with Crippen LogP contribution in [0, 0.1) is 0 Å². The fraction of sp³-hybridized carbons (Fsp3) is 0.282. The van der Waals surface area contributed by atoms with Gasteiger partial charge in [-0.05, 0) is 0 Å². The second kappa shape index (κ2) is 10.8. The molecule has 7 rings (SSSR count). The van der Waals surface area contributed by atoms with E-state index < -0.39 is 15.2 Å². The van der Waals surface area contributed by atoms with Gasteiger partial charge in [-0.3, -0.25) is 0 Å². The van der Waals surface area contributed by atoms with Gasteiger partial charge in [0.15, 0.2) is 0 Å². The van der Waals surface area contributed by atoms with Crippen molar-refractivity contribution in [3.63, 3.8) is 0 Å². The summed E-state index contributed by atoms with van der Waals surface area (Å²) >= 11 is 0. The van der Waals surface area contributed by atoms with Gasteiger partial charge >= 0.3 is 261 Å². The first-order chi connectivity index (χ1) is 20.7. The van der Waals surface area contributed by atoms with E-state index in [0.29, 0.717) is 11.3 Å². The molecule has 2 nitrogen and oxygen atoms in total. The number of nitrogens with zero attached hydrogens (tertiary/aromatic N) is 2. The number of fused-ring (bicyclic) bond motifs is 8. The monoisotopic (exact) mass is 602 g/mol. The standard InChI is InChI=1S/C39H44N2P2/c1-26(2)42-34-20-10-8-18-32(34)40(5)33-19-9-11-21-36(33)43(7,27(3)4)37-25-23-29-15-13-17-31(29)39(37)41(6)38-30-16-12-14-28(30)22-24-35(38)42/h8-13,15-16,18-27,43H,14,17H2,1-7H3. The first-order valence-corrected chi connectivity index (χ1v) is 19.8. The topological polar surface area (TPSA) is 6.48 Å². The molecule has 1 unspecified atom stereocenters. The molecular formula is C39H44N2P2. The van der Waals surface area contributed by atoms with E-state index in [-0.39, 0.29) is 0 Å². The summed E-state index contributed by atoms with van der Waals surface area (Å²) in [5.74, 6) is 0. The van der Waals surface area contributed by atoms with Gasteiger partial charge in [0.05, 0.1) is 0 Å². The van der Waals surface area contributed by atoms with Crippen LogP contribution in [0.4, 0.5) is 22.7 Å². The van der Waals surface area contributed by atoms with E-state index in [2.05, 4.69) is 155 Å². The Morgan fingerprint density at radius 3 is 2.16 bits per heavy atom. The van der Waals surface area contributed by atoms with E-state index in [1.807, 2.05) is 0 Å². The van der Waals surface area contributed by atoms with Crippen LogP contribution in [0.1, 0.15) is 49.9 Å². The first-order valence-electron chi connectivity index (χ1n) is 15.8. The minimum absolute atomic E-state index is 0.483. The zero-order valence-electron chi connectivity index (χ0n) is 26.6. The Morgan fingerprint density at radius 2 is 1.40 bits per heavy atom. The van der Waals surface area contributed by atoms with Gasteiger partial charge in [-0.2, -0.15) is 0 Å². The van der Waals surface area contributed by atoms with Crippen LogP contribution in [-0.2, 0) is 12.8 Å². The molecule has 0 saturated carbocycles. The van der Waals surface area contributed by atoms with Crippen molar-refractivity contribution < 1.29 is 0 Å². The van der Waals surface area contributed by atoms with Crippen LogP contribution in [0.15, 0.2) is 84.9 Å².